The smallest absolute Gasteiger partial charge is 0.394 e. The van der Waals surface area contributed by atoms with E-state index in [1.54, 1.807) is 18.2 Å². The lowest BCUT2D eigenvalue weighted by Crippen LogP contribution is -2.36. The molecule has 11 nitrogen and oxygen atoms in total. The predicted molar refractivity (Wildman–Crippen MR) is 140 cm³/mol. The Morgan fingerprint density at radius 2 is 1.92 bits per heavy atom. The van der Waals surface area contributed by atoms with Gasteiger partial charge in [-0.3, -0.25) is 9.10 Å². The molecule has 2 heterocycles. The van der Waals surface area contributed by atoms with E-state index in [1.165, 1.54) is 31.4 Å². The van der Waals surface area contributed by atoms with Gasteiger partial charge >= 0.3 is 6.18 Å². The van der Waals surface area contributed by atoms with Crippen LogP contribution in [-0.2, 0) is 22.7 Å². The first-order valence-electron chi connectivity index (χ1n) is 11.7. The quantitative estimate of drug-likeness (QED) is 0.274. The second kappa shape index (κ2) is 12.3. The summed E-state index contributed by atoms with van der Waals surface area (Å²) in [6, 6.07) is 8.81. The minimum Gasteiger partial charge on any atom is -0.394 e. The fraction of sp³-hybridized carbons (Fsp3) is 0.333. The average molecular weight is 568 g/mol. The van der Waals surface area contributed by atoms with Gasteiger partial charge in [0.2, 0.25) is 16.0 Å². The maximum Gasteiger partial charge on any atom is 0.421 e. The van der Waals surface area contributed by atoms with Crippen LogP contribution in [0.2, 0.25) is 0 Å². The fourth-order valence-corrected chi connectivity index (χ4v) is 3.86. The summed E-state index contributed by atoms with van der Waals surface area (Å²) in [7, 11) is -2.38. The van der Waals surface area contributed by atoms with Crippen molar-refractivity contribution in [2.24, 2.45) is 0 Å². The third-order valence-electron chi connectivity index (χ3n) is 5.63. The molecule has 1 unspecified atom stereocenters. The van der Waals surface area contributed by atoms with E-state index in [9.17, 15) is 31.5 Å². The number of carbonyl (C=O) groups excluding carboxylic acids is 1. The zero-order chi connectivity index (χ0) is 28.8. The van der Waals surface area contributed by atoms with Crippen LogP contribution in [0.15, 0.2) is 48.8 Å². The molecule has 39 heavy (non-hydrogen) atoms. The fourth-order valence-electron chi connectivity index (χ4n) is 3.38. The molecule has 210 valence electrons. The number of hydrogen-bond acceptors (Lipinski definition) is 9. The Kier molecular flexibility index (Phi) is 9.29. The van der Waals surface area contributed by atoms with E-state index in [1.807, 2.05) is 6.92 Å². The zero-order valence-corrected chi connectivity index (χ0v) is 22.1. The highest BCUT2D eigenvalue weighted by molar-refractivity contribution is 7.92. The molecule has 2 aromatic heterocycles. The van der Waals surface area contributed by atoms with Crippen LogP contribution in [0.4, 0.5) is 36.4 Å². The van der Waals surface area contributed by atoms with Crippen molar-refractivity contribution >= 4 is 39.2 Å². The second-order valence-electron chi connectivity index (χ2n) is 8.49. The molecular formula is C24H28F3N7O4S. The number of aromatic nitrogens is 3. The zero-order valence-electron chi connectivity index (χ0n) is 21.3. The Balaban J connectivity index is 1.87. The van der Waals surface area contributed by atoms with Gasteiger partial charge in [0, 0.05) is 42.8 Å². The number of aliphatic hydroxyl groups is 1. The molecule has 0 aliphatic carbocycles. The first kappa shape index (κ1) is 29.6. The molecule has 15 heteroatoms. The Morgan fingerprint density at radius 3 is 2.56 bits per heavy atom. The van der Waals surface area contributed by atoms with Gasteiger partial charge in [0.25, 0.3) is 5.91 Å². The first-order valence-corrected chi connectivity index (χ1v) is 13.5. The molecule has 3 aromatic rings. The second-order valence-corrected chi connectivity index (χ2v) is 10.5. The molecule has 0 spiro atoms. The van der Waals surface area contributed by atoms with Crippen LogP contribution in [0.1, 0.15) is 34.8 Å². The molecule has 1 aromatic carbocycles. The molecule has 4 N–H and O–H groups in total. The van der Waals surface area contributed by atoms with Gasteiger partial charge in [-0.05, 0) is 30.7 Å². The number of anilines is 4. The van der Waals surface area contributed by atoms with Crippen molar-refractivity contribution in [3.05, 3.63) is 65.5 Å². The van der Waals surface area contributed by atoms with Gasteiger partial charge in [-0.2, -0.15) is 18.2 Å². The van der Waals surface area contributed by atoms with Gasteiger partial charge in [0.1, 0.15) is 17.2 Å². The van der Waals surface area contributed by atoms with Crippen molar-refractivity contribution in [3.8, 4) is 0 Å². The molecular weight excluding hydrogens is 539 g/mol. The highest BCUT2D eigenvalue weighted by Crippen LogP contribution is 2.34. The standard InChI is InChI=1S/C24H28F3N7O4S/c1-4-17(14-35)31-22(36)15-7-5-9-18(11-15)32-23-30-13-19(24(25,26)27)20(33-23)29-12-16-8-6-10-28-21(16)34(2)39(3,37)38/h5-11,13,17,35H,4,12,14H2,1-3H3,(H,31,36)(H2,29,30,32,33). The summed E-state index contributed by atoms with van der Waals surface area (Å²) in [5.74, 6) is -1.10. The highest BCUT2D eigenvalue weighted by Gasteiger charge is 2.35. The van der Waals surface area contributed by atoms with Gasteiger partial charge in [0.05, 0.1) is 18.9 Å². The van der Waals surface area contributed by atoms with Gasteiger partial charge in [-0.25, -0.2) is 18.4 Å². The van der Waals surface area contributed by atoms with Crippen molar-refractivity contribution in [1.82, 2.24) is 20.3 Å². The van der Waals surface area contributed by atoms with Crippen LogP contribution < -0.4 is 20.3 Å². The topological polar surface area (TPSA) is 149 Å². The van der Waals surface area contributed by atoms with E-state index in [0.29, 0.717) is 23.9 Å². The summed E-state index contributed by atoms with van der Waals surface area (Å²) >= 11 is 0. The Morgan fingerprint density at radius 1 is 1.18 bits per heavy atom. The van der Waals surface area contributed by atoms with Crippen LogP contribution in [0.3, 0.4) is 0 Å². The third-order valence-corrected chi connectivity index (χ3v) is 6.80. The minimum absolute atomic E-state index is 0.0510. The minimum atomic E-state index is -4.78. The number of halogens is 3. The number of alkyl halides is 3. The first-order chi connectivity index (χ1) is 18.3. The summed E-state index contributed by atoms with van der Waals surface area (Å²) in [5.41, 5.74) is -0.206. The molecule has 1 atom stereocenters. The van der Waals surface area contributed by atoms with E-state index in [0.717, 1.165) is 10.6 Å². The Bertz CT molecular complexity index is 1420. The van der Waals surface area contributed by atoms with Gasteiger partial charge in [-0.15, -0.1) is 0 Å². The van der Waals surface area contributed by atoms with Gasteiger partial charge in [0.15, 0.2) is 0 Å². The summed E-state index contributed by atoms with van der Waals surface area (Å²) < 4.78 is 65.9. The number of aliphatic hydroxyl groups excluding tert-OH is 1. The van der Waals surface area contributed by atoms with Crippen LogP contribution in [0, 0.1) is 0 Å². The molecule has 0 saturated heterocycles. The lowest BCUT2D eigenvalue weighted by atomic mass is 10.1. The van der Waals surface area contributed by atoms with Gasteiger partial charge in [-0.1, -0.05) is 19.1 Å². The van der Waals surface area contributed by atoms with E-state index < -0.39 is 39.5 Å². The summed E-state index contributed by atoms with van der Waals surface area (Å²) in [4.78, 5) is 24.3. The number of pyridine rings is 1. The maximum absolute atomic E-state index is 13.7. The van der Waals surface area contributed by atoms with Gasteiger partial charge < -0.3 is 21.1 Å². The van der Waals surface area contributed by atoms with Crippen LogP contribution in [-0.4, -0.2) is 60.3 Å². The van der Waals surface area contributed by atoms with E-state index in [-0.39, 0.29) is 30.5 Å². The van der Waals surface area contributed by atoms with Crippen molar-refractivity contribution < 1.29 is 31.5 Å². The van der Waals surface area contributed by atoms with Crippen LogP contribution >= 0.6 is 0 Å². The molecule has 3 rings (SSSR count). The van der Waals surface area contributed by atoms with Crippen molar-refractivity contribution in [1.29, 1.82) is 0 Å². The number of benzene rings is 1. The average Bonchev–Trinajstić information content (AvgIpc) is 2.89. The molecule has 0 aliphatic rings. The third kappa shape index (κ3) is 7.77. The molecule has 0 saturated carbocycles. The molecule has 0 fully saturated rings. The number of sulfonamides is 1. The number of nitrogens with one attached hydrogen (secondary N) is 3. The SMILES string of the molecule is CCC(CO)NC(=O)c1cccc(Nc2ncc(C(F)(F)F)c(NCc3cccnc3N(C)S(C)(=O)=O)n2)c1. The number of carbonyl (C=O) groups is 1. The normalized spacial score (nSPS) is 12.5. The lowest BCUT2D eigenvalue weighted by molar-refractivity contribution is -0.137. The van der Waals surface area contributed by atoms with Crippen molar-refractivity contribution in [2.75, 3.05) is 34.8 Å². The monoisotopic (exact) mass is 567 g/mol. The van der Waals surface area contributed by atoms with E-state index in [4.69, 9.17) is 0 Å². The maximum atomic E-state index is 13.7. The molecule has 0 radical (unpaired) electrons. The number of rotatable bonds is 11. The predicted octanol–water partition coefficient (Wildman–Crippen LogP) is 3.14. The summed E-state index contributed by atoms with van der Waals surface area (Å²) in [6.07, 6.45) is -1.28. The highest BCUT2D eigenvalue weighted by atomic mass is 32.2. The number of amides is 1. The summed E-state index contributed by atoms with van der Waals surface area (Å²) in [5, 5.41) is 17.4. The van der Waals surface area contributed by atoms with Crippen LogP contribution in [0.25, 0.3) is 0 Å². The Labute approximate surface area is 223 Å². The molecule has 0 aliphatic heterocycles. The number of hydrogen-bond donors (Lipinski definition) is 4. The molecule has 1 amide bonds. The molecule has 0 bridgehead atoms. The van der Waals surface area contributed by atoms with Crippen LogP contribution in [0.5, 0.6) is 0 Å². The van der Waals surface area contributed by atoms with Crippen molar-refractivity contribution in [2.45, 2.75) is 32.1 Å². The van der Waals surface area contributed by atoms with Crippen molar-refractivity contribution in [3.63, 3.8) is 0 Å². The summed E-state index contributed by atoms with van der Waals surface area (Å²) in [6.45, 7) is 1.37. The van der Waals surface area contributed by atoms with E-state index in [2.05, 4.69) is 30.9 Å². The Hall–Kier alpha value is -3.98. The van der Waals surface area contributed by atoms with E-state index >= 15 is 0 Å². The lowest BCUT2D eigenvalue weighted by Gasteiger charge is -2.20. The number of nitrogens with zero attached hydrogens (tertiary/aromatic N) is 4. The largest absolute Gasteiger partial charge is 0.421 e.